The van der Waals surface area contributed by atoms with Crippen molar-refractivity contribution in [2.24, 2.45) is 0 Å². The minimum Gasteiger partial charge on any atom is -0.343 e. The molecule has 0 radical (unpaired) electrons. The molecule has 0 saturated heterocycles. The Balaban J connectivity index is -0.0000000483. The molecule has 0 aliphatic carbocycles. The standard InChI is InChI=1S/C6H14.C4H9.He.Li/c1-3-5-6-4-2;1-3-4-2;;/h3-6H2,1-2H3;1,3-4H2,2H3;;/q;-1;;+1. The smallest absolute Gasteiger partial charge is 0.343 e. The Morgan fingerprint density at radius 1 is 0.833 bits per heavy atom. The van der Waals surface area contributed by atoms with Gasteiger partial charge in [-0.05, 0) is 0 Å². The van der Waals surface area contributed by atoms with Crippen molar-refractivity contribution < 1.29 is 25.0 Å². The Kier molecular flexibility index (Phi) is 57.2. The van der Waals surface area contributed by atoms with E-state index in [1.54, 1.807) is 0 Å². The maximum Gasteiger partial charge on any atom is 1.00 e. The van der Waals surface area contributed by atoms with Gasteiger partial charge in [0.05, 0.1) is 0 Å². The average molecular weight is 154 g/mol. The quantitative estimate of drug-likeness (QED) is 0.324. The number of hydrogen-bond acceptors (Lipinski definition) is 0. The van der Waals surface area contributed by atoms with Crippen LogP contribution in [0.4, 0.5) is 0 Å². The molecule has 0 saturated carbocycles. The van der Waals surface area contributed by atoms with Gasteiger partial charge in [-0.1, -0.05) is 52.9 Å². The zero-order valence-corrected chi connectivity index (χ0v) is 9.66. The molecule has 0 aromatic carbocycles. The fourth-order valence-electron chi connectivity index (χ4n) is 0.500. The molecule has 0 aliphatic rings. The van der Waals surface area contributed by atoms with E-state index < -0.39 is 0 Å². The van der Waals surface area contributed by atoms with Gasteiger partial charge < -0.3 is 6.92 Å². The number of unbranched alkanes of at least 4 members (excludes halogenated alkanes) is 4. The molecule has 2 heteroatoms. The van der Waals surface area contributed by atoms with Gasteiger partial charge in [0.15, 0.2) is 0 Å². The van der Waals surface area contributed by atoms with Gasteiger partial charge in [-0.25, -0.2) is 0 Å². The van der Waals surface area contributed by atoms with Crippen LogP contribution in [0.25, 0.3) is 0 Å². The first kappa shape index (κ1) is 22.9. The molecule has 0 fully saturated rings. The summed E-state index contributed by atoms with van der Waals surface area (Å²) in [5.41, 5.74) is 0. The molecule has 0 aromatic rings. The Morgan fingerprint density at radius 3 is 1.17 bits per heavy atom. The molecule has 0 unspecified atom stereocenters. The SMILES string of the molecule is CCCCCC.[CH2-]CCC.[He].[Li+]. The zero-order chi connectivity index (χ0) is 8.24. The largest absolute Gasteiger partial charge is 1.00 e. The van der Waals surface area contributed by atoms with Crippen LogP contribution in [-0.4, -0.2) is 0 Å². The summed E-state index contributed by atoms with van der Waals surface area (Å²) >= 11 is 0. The molecular weight excluding hydrogens is 131 g/mol. The van der Waals surface area contributed by atoms with E-state index in [2.05, 4.69) is 27.7 Å². The van der Waals surface area contributed by atoms with Crippen LogP contribution >= 0.6 is 0 Å². The van der Waals surface area contributed by atoms with Crippen molar-refractivity contribution in [3.8, 4) is 0 Å². The fraction of sp³-hybridized carbons (Fsp3) is 0.900. The van der Waals surface area contributed by atoms with E-state index in [9.17, 15) is 0 Å². The van der Waals surface area contributed by atoms with Gasteiger partial charge in [0, 0.05) is 6.15 Å². The molecular formula is C10H23HeLi. The van der Waals surface area contributed by atoms with Gasteiger partial charge in [-0.15, -0.1) is 0 Å². The molecule has 0 heterocycles. The van der Waals surface area contributed by atoms with E-state index in [4.69, 9.17) is 0 Å². The molecule has 66 valence electrons. The van der Waals surface area contributed by atoms with Crippen molar-refractivity contribution in [2.45, 2.75) is 59.3 Å². The second-order valence-electron chi connectivity index (χ2n) is 2.56. The molecule has 0 rings (SSSR count). The van der Waals surface area contributed by atoms with Crippen molar-refractivity contribution in [3.63, 3.8) is 0 Å². The third-order valence-electron chi connectivity index (χ3n) is 1.31. The summed E-state index contributed by atoms with van der Waals surface area (Å²) in [5.74, 6) is 0. The van der Waals surface area contributed by atoms with Crippen molar-refractivity contribution in [1.29, 1.82) is 0 Å². The van der Waals surface area contributed by atoms with E-state index >= 15 is 0 Å². The molecule has 0 amide bonds. The normalized spacial score (nSPS) is 7.00. The number of hydrogen-bond donors (Lipinski definition) is 0. The van der Waals surface area contributed by atoms with Crippen LogP contribution in [0.15, 0.2) is 0 Å². The van der Waals surface area contributed by atoms with Gasteiger partial charge >= 0.3 is 18.9 Å². The first-order valence-corrected chi connectivity index (χ1v) is 4.62. The summed E-state index contributed by atoms with van der Waals surface area (Å²) in [4.78, 5) is 0. The predicted molar refractivity (Wildman–Crippen MR) is 50.1 cm³/mol. The molecule has 0 bridgehead atoms. The van der Waals surface area contributed by atoms with Crippen LogP contribution in [0.2, 0.25) is 0 Å². The Hall–Kier alpha value is 0.506. The molecule has 0 spiro atoms. The second-order valence-corrected chi connectivity index (χ2v) is 2.56. The van der Waals surface area contributed by atoms with Crippen LogP contribution in [0.5, 0.6) is 0 Å². The Labute approximate surface area is 91.5 Å². The summed E-state index contributed by atoms with van der Waals surface area (Å²) in [6.45, 7) is 10.2. The van der Waals surface area contributed by atoms with Gasteiger partial charge in [0.2, 0.25) is 0 Å². The van der Waals surface area contributed by atoms with Gasteiger partial charge in [0.1, 0.15) is 0 Å². The number of rotatable bonds is 4. The van der Waals surface area contributed by atoms with Crippen LogP contribution in [0, 0.1) is 13.1 Å². The predicted octanol–water partition coefficient (Wildman–Crippen LogP) is 1.21. The van der Waals surface area contributed by atoms with Gasteiger partial charge in [-0.2, -0.15) is 6.42 Å². The van der Waals surface area contributed by atoms with Crippen LogP contribution < -0.4 is 18.9 Å². The maximum atomic E-state index is 3.60. The first-order valence-electron chi connectivity index (χ1n) is 4.62. The monoisotopic (exact) mass is 154 g/mol. The molecule has 0 aliphatic heterocycles. The Morgan fingerprint density at radius 2 is 1.08 bits per heavy atom. The molecule has 0 atom stereocenters. The van der Waals surface area contributed by atoms with Crippen molar-refractivity contribution >= 4 is 0 Å². The summed E-state index contributed by atoms with van der Waals surface area (Å²) in [7, 11) is 0. The van der Waals surface area contributed by atoms with Gasteiger partial charge in [-0.3, -0.25) is 0 Å². The van der Waals surface area contributed by atoms with E-state index in [1.807, 2.05) is 0 Å². The van der Waals surface area contributed by atoms with Gasteiger partial charge in [0.25, 0.3) is 0 Å². The van der Waals surface area contributed by atoms with Crippen LogP contribution in [0.1, 0.15) is 59.3 Å². The van der Waals surface area contributed by atoms with E-state index in [0.717, 1.165) is 6.42 Å². The summed E-state index contributed by atoms with van der Waals surface area (Å²) < 4.78 is 0. The Bertz CT molecular complexity index is 34.8. The molecule has 0 aromatic heterocycles. The summed E-state index contributed by atoms with van der Waals surface area (Å²) in [6, 6.07) is 0. The molecule has 0 nitrogen and oxygen atoms in total. The van der Waals surface area contributed by atoms with Crippen molar-refractivity contribution in [3.05, 3.63) is 6.92 Å². The van der Waals surface area contributed by atoms with E-state index in [1.165, 1.54) is 32.1 Å². The second kappa shape index (κ2) is 30.0. The van der Waals surface area contributed by atoms with Crippen molar-refractivity contribution in [2.75, 3.05) is 0 Å². The fourth-order valence-corrected chi connectivity index (χ4v) is 0.500. The minimum absolute atomic E-state index is 0. The van der Waals surface area contributed by atoms with E-state index in [-0.39, 0.29) is 25.0 Å². The topological polar surface area (TPSA) is 0 Å². The third kappa shape index (κ3) is 46.8. The first-order chi connectivity index (χ1) is 4.83. The molecule has 12 heavy (non-hydrogen) atoms. The molecule has 0 N–H and O–H groups in total. The minimum atomic E-state index is 0. The van der Waals surface area contributed by atoms with Crippen LogP contribution in [0.3, 0.4) is 0 Å². The van der Waals surface area contributed by atoms with E-state index in [0.29, 0.717) is 0 Å². The summed E-state index contributed by atoms with van der Waals surface area (Å²) in [5, 5.41) is 0. The third-order valence-corrected chi connectivity index (χ3v) is 1.31. The summed E-state index contributed by atoms with van der Waals surface area (Å²) in [6.07, 6.45) is 7.81. The zero-order valence-electron chi connectivity index (χ0n) is 9.66. The average Bonchev–Trinajstić information content (AvgIpc) is 2.01. The maximum absolute atomic E-state index is 3.60. The van der Waals surface area contributed by atoms with Crippen LogP contribution in [-0.2, 0) is 0 Å². The van der Waals surface area contributed by atoms with Crippen molar-refractivity contribution in [1.82, 2.24) is 0 Å².